The Kier molecular flexibility index (Phi) is 2.46. The Morgan fingerprint density at radius 2 is 2.19 bits per heavy atom. The number of benzene rings is 1. The zero-order valence-corrected chi connectivity index (χ0v) is 9.33. The Bertz CT molecular complexity index is 445. The summed E-state index contributed by atoms with van der Waals surface area (Å²) in [6.45, 7) is 0. The molecule has 0 heterocycles. The molecule has 1 N–H and O–H groups in total. The molecule has 1 aliphatic carbocycles. The highest BCUT2D eigenvalue weighted by Crippen LogP contribution is 2.40. The second-order valence-electron chi connectivity index (χ2n) is 4.36. The second kappa shape index (κ2) is 3.56. The maximum absolute atomic E-state index is 13.1. The van der Waals surface area contributed by atoms with E-state index in [0.29, 0.717) is 18.4 Å². The minimum Gasteiger partial charge on any atom is -0.480 e. The van der Waals surface area contributed by atoms with E-state index in [0.717, 1.165) is 5.56 Å². The molecule has 0 fully saturated rings. The Hall–Kier alpha value is -1.42. The lowest BCUT2D eigenvalue weighted by atomic mass is 9.90. The molecule has 0 aliphatic heterocycles. The van der Waals surface area contributed by atoms with Gasteiger partial charge in [-0.05, 0) is 50.2 Å². The number of halogens is 1. The first-order valence-electron chi connectivity index (χ1n) is 5.18. The molecule has 1 atom stereocenters. The van der Waals surface area contributed by atoms with Gasteiger partial charge in [0.1, 0.15) is 11.4 Å². The molecular formula is C12H14FNO2. The summed E-state index contributed by atoms with van der Waals surface area (Å²) in [7, 11) is 3.49. The molecule has 0 radical (unpaired) electrons. The van der Waals surface area contributed by atoms with E-state index < -0.39 is 11.5 Å². The topological polar surface area (TPSA) is 40.5 Å². The summed E-state index contributed by atoms with van der Waals surface area (Å²) in [5.41, 5.74) is 0.519. The summed E-state index contributed by atoms with van der Waals surface area (Å²) < 4.78 is 13.1. The van der Waals surface area contributed by atoms with E-state index in [1.54, 1.807) is 25.1 Å². The Morgan fingerprint density at radius 3 is 2.75 bits per heavy atom. The maximum Gasteiger partial charge on any atom is 0.328 e. The van der Waals surface area contributed by atoms with E-state index in [2.05, 4.69) is 0 Å². The van der Waals surface area contributed by atoms with E-state index >= 15 is 0 Å². The lowest BCUT2D eigenvalue weighted by Crippen LogP contribution is -2.46. The lowest BCUT2D eigenvalue weighted by molar-refractivity contribution is -0.150. The van der Waals surface area contributed by atoms with Crippen LogP contribution in [0, 0.1) is 5.82 Å². The standard InChI is InChI=1S/C12H14FNO2/c1-14(2)12(11(15)16)6-5-8-7-9(13)3-4-10(8)12/h3-4,7H,5-6H2,1-2H3,(H,15,16). The van der Waals surface area contributed by atoms with Gasteiger partial charge in [0.25, 0.3) is 0 Å². The third-order valence-electron chi connectivity index (χ3n) is 3.39. The highest BCUT2D eigenvalue weighted by Gasteiger charge is 2.47. The van der Waals surface area contributed by atoms with Crippen LogP contribution in [0.4, 0.5) is 4.39 Å². The third-order valence-corrected chi connectivity index (χ3v) is 3.39. The average Bonchev–Trinajstić information content (AvgIpc) is 2.56. The van der Waals surface area contributed by atoms with Crippen molar-refractivity contribution in [2.24, 2.45) is 0 Å². The minimum absolute atomic E-state index is 0.307. The molecule has 4 heteroatoms. The minimum atomic E-state index is -0.997. The van der Waals surface area contributed by atoms with Crippen molar-refractivity contribution in [2.75, 3.05) is 14.1 Å². The third kappa shape index (κ3) is 1.33. The first-order valence-corrected chi connectivity index (χ1v) is 5.18. The molecule has 1 aliphatic rings. The molecule has 0 saturated carbocycles. The van der Waals surface area contributed by atoms with Gasteiger partial charge in [0, 0.05) is 0 Å². The van der Waals surface area contributed by atoms with Gasteiger partial charge in [0.15, 0.2) is 0 Å². The zero-order valence-electron chi connectivity index (χ0n) is 9.33. The SMILES string of the molecule is CN(C)C1(C(=O)O)CCc2cc(F)ccc21. The highest BCUT2D eigenvalue weighted by atomic mass is 19.1. The number of rotatable bonds is 2. The van der Waals surface area contributed by atoms with Crippen LogP contribution in [0.1, 0.15) is 17.5 Å². The van der Waals surface area contributed by atoms with Crippen LogP contribution in [0.15, 0.2) is 18.2 Å². The van der Waals surface area contributed by atoms with Crippen molar-refractivity contribution < 1.29 is 14.3 Å². The molecule has 2 rings (SSSR count). The van der Waals surface area contributed by atoms with Crippen LogP contribution in [0.2, 0.25) is 0 Å². The van der Waals surface area contributed by atoms with E-state index in [1.165, 1.54) is 12.1 Å². The Balaban J connectivity index is 2.60. The van der Waals surface area contributed by atoms with Gasteiger partial charge < -0.3 is 5.11 Å². The highest BCUT2D eigenvalue weighted by molar-refractivity contribution is 5.82. The lowest BCUT2D eigenvalue weighted by Gasteiger charge is -2.32. The summed E-state index contributed by atoms with van der Waals surface area (Å²) in [4.78, 5) is 13.2. The van der Waals surface area contributed by atoms with Crippen molar-refractivity contribution in [3.8, 4) is 0 Å². The number of aryl methyl sites for hydroxylation is 1. The fourth-order valence-corrected chi connectivity index (χ4v) is 2.50. The van der Waals surface area contributed by atoms with Crippen LogP contribution < -0.4 is 0 Å². The quantitative estimate of drug-likeness (QED) is 0.828. The van der Waals surface area contributed by atoms with Crippen LogP contribution in [-0.2, 0) is 16.8 Å². The normalized spacial score (nSPS) is 23.5. The van der Waals surface area contributed by atoms with E-state index in [1.807, 2.05) is 0 Å². The molecule has 0 saturated heterocycles. The molecule has 3 nitrogen and oxygen atoms in total. The molecular weight excluding hydrogens is 209 g/mol. The number of aliphatic carboxylic acids is 1. The fraction of sp³-hybridized carbons (Fsp3) is 0.417. The number of fused-ring (bicyclic) bond motifs is 1. The second-order valence-corrected chi connectivity index (χ2v) is 4.36. The van der Waals surface area contributed by atoms with E-state index in [-0.39, 0.29) is 5.82 Å². The van der Waals surface area contributed by atoms with Crippen molar-refractivity contribution in [2.45, 2.75) is 18.4 Å². The molecule has 0 amide bonds. The van der Waals surface area contributed by atoms with Crippen molar-refractivity contribution in [3.05, 3.63) is 35.1 Å². The molecule has 1 aromatic rings. The van der Waals surface area contributed by atoms with Crippen LogP contribution in [-0.4, -0.2) is 30.1 Å². The molecule has 16 heavy (non-hydrogen) atoms. The number of nitrogens with zero attached hydrogens (tertiary/aromatic N) is 1. The monoisotopic (exact) mass is 223 g/mol. The van der Waals surface area contributed by atoms with Gasteiger partial charge in [-0.1, -0.05) is 6.07 Å². The summed E-state index contributed by atoms with van der Waals surface area (Å²) in [5, 5.41) is 9.41. The summed E-state index contributed by atoms with van der Waals surface area (Å²) in [6, 6.07) is 4.35. The van der Waals surface area contributed by atoms with Crippen molar-refractivity contribution >= 4 is 5.97 Å². The molecule has 1 unspecified atom stereocenters. The number of carboxylic acid groups (broad SMARTS) is 1. The number of carbonyl (C=O) groups is 1. The van der Waals surface area contributed by atoms with Gasteiger partial charge in [-0.3, -0.25) is 4.90 Å². The molecule has 86 valence electrons. The summed E-state index contributed by atoms with van der Waals surface area (Å²) in [5.74, 6) is -1.18. The number of hydrogen-bond acceptors (Lipinski definition) is 2. The predicted molar refractivity (Wildman–Crippen MR) is 57.7 cm³/mol. The van der Waals surface area contributed by atoms with Gasteiger partial charge in [0.2, 0.25) is 0 Å². The van der Waals surface area contributed by atoms with Crippen LogP contribution in [0.3, 0.4) is 0 Å². The Labute approximate surface area is 93.5 Å². The fourth-order valence-electron chi connectivity index (χ4n) is 2.50. The van der Waals surface area contributed by atoms with Gasteiger partial charge in [-0.15, -0.1) is 0 Å². The van der Waals surface area contributed by atoms with E-state index in [9.17, 15) is 14.3 Å². The maximum atomic E-state index is 13.1. The molecule has 0 bridgehead atoms. The van der Waals surface area contributed by atoms with E-state index in [4.69, 9.17) is 0 Å². The number of hydrogen-bond donors (Lipinski definition) is 1. The van der Waals surface area contributed by atoms with Gasteiger partial charge in [0.05, 0.1) is 0 Å². The first kappa shape index (κ1) is 11.1. The van der Waals surface area contributed by atoms with Gasteiger partial charge in [-0.2, -0.15) is 0 Å². The number of carboxylic acids is 1. The number of likely N-dealkylation sites (N-methyl/N-ethyl adjacent to an activating group) is 1. The zero-order chi connectivity index (χ0) is 11.9. The summed E-state index contributed by atoms with van der Waals surface area (Å²) >= 11 is 0. The van der Waals surface area contributed by atoms with Crippen LogP contribution in [0.5, 0.6) is 0 Å². The van der Waals surface area contributed by atoms with Crippen molar-refractivity contribution in [3.63, 3.8) is 0 Å². The van der Waals surface area contributed by atoms with Crippen molar-refractivity contribution in [1.29, 1.82) is 0 Å². The van der Waals surface area contributed by atoms with Crippen molar-refractivity contribution in [1.82, 2.24) is 4.90 Å². The van der Waals surface area contributed by atoms with Gasteiger partial charge >= 0.3 is 5.97 Å². The summed E-state index contributed by atoms with van der Waals surface area (Å²) in [6.07, 6.45) is 1.10. The molecule has 1 aromatic carbocycles. The Morgan fingerprint density at radius 1 is 1.50 bits per heavy atom. The van der Waals surface area contributed by atoms with Crippen LogP contribution in [0.25, 0.3) is 0 Å². The predicted octanol–water partition coefficient (Wildman–Crippen LogP) is 1.61. The smallest absolute Gasteiger partial charge is 0.328 e. The average molecular weight is 223 g/mol. The van der Waals surface area contributed by atoms with Crippen LogP contribution >= 0.6 is 0 Å². The first-order chi connectivity index (χ1) is 7.48. The largest absolute Gasteiger partial charge is 0.480 e. The molecule has 0 spiro atoms. The molecule has 0 aromatic heterocycles. The van der Waals surface area contributed by atoms with Gasteiger partial charge in [-0.25, -0.2) is 9.18 Å².